The SMILES string of the molecule is CCCCN(C(=O)c1c(F)cccc1F)C1=CC=C(Cl)C=CC1. The minimum absolute atomic E-state index is 0.397. The zero-order valence-corrected chi connectivity index (χ0v) is 13.6. The molecule has 1 aromatic carbocycles. The summed E-state index contributed by atoms with van der Waals surface area (Å²) in [6, 6.07) is 3.42. The Balaban J connectivity index is 2.39. The third-order valence-corrected chi connectivity index (χ3v) is 3.79. The summed E-state index contributed by atoms with van der Waals surface area (Å²) < 4.78 is 27.9. The van der Waals surface area contributed by atoms with Gasteiger partial charge in [0.1, 0.15) is 17.2 Å². The standard InChI is InChI=1S/C18H18ClF2NO/c1-2-3-12-22(14-7-4-6-13(19)10-11-14)18(23)17-15(20)8-5-9-16(17)21/h4-6,8-11H,2-3,7,12H2,1H3. The molecule has 0 atom stereocenters. The largest absolute Gasteiger partial charge is 0.312 e. The van der Waals surface area contributed by atoms with Crippen LogP contribution in [0.3, 0.4) is 0 Å². The molecule has 2 rings (SSSR count). The van der Waals surface area contributed by atoms with Crippen LogP contribution in [0.15, 0.2) is 53.2 Å². The Morgan fingerprint density at radius 1 is 1.26 bits per heavy atom. The number of rotatable bonds is 5. The molecule has 0 fully saturated rings. The van der Waals surface area contributed by atoms with Crippen LogP contribution in [-0.4, -0.2) is 17.4 Å². The number of nitrogens with zero attached hydrogens (tertiary/aromatic N) is 1. The van der Waals surface area contributed by atoms with Gasteiger partial charge in [-0.2, -0.15) is 0 Å². The van der Waals surface area contributed by atoms with Gasteiger partial charge in [-0.1, -0.05) is 37.1 Å². The predicted molar refractivity (Wildman–Crippen MR) is 88.1 cm³/mol. The first-order valence-corrected chi connectivity index (χ1v) is 7.91. The van der Waals surface area contributed by atoms with Crippen molar-refractivity contribution in [2.24, 2.45) is 0 Å². The Morgan fingerprint density at radius 2 is 1.96 bits per heavy atom. The van der Waals surface area contributed by atoms with Gasteiger partial charge in [0.15, 0.2) is 0 Å². The topological polar surface area (TPSA) is 20.3 Å². The Kier molecular flexibility index (Phi) is 6.11. The highest BCUT2D eigenvalue weighted by atomic mass is 35.5. The van der Waals surface area contributed by atoms with E-state index in [0.29, 0.717) is 23.7 Å². The van der Waals surface area contributed by atoms with Gasteiger partial charge in [0, 0.05) is 23.7 Å². The molecule has 1 aromatic rings. The van der Waals surface area contributed by atoms with Crippen molar-refractivity contribution in [2.75, 3.05) is 6.54 Å². The zero-order chi connectivity index (χ0) is 16.8. The highest BCUT2D eigenvalue weighted by molar-refractivity contribution is 6.31. The van der Waals surface area contributed by atoms with Crippen LogP contribution in [0.1, 0.15) is 36.5 Å². The first-order chi connectivity index (χ1) is 11.0. The maximum absolute atomic E-state index is 13.9. The molecule has 1 amide bonds. The van der Waals surface area contributed by atoms with Gasteiger partial charge >= 0.3 is 0 Å². The molecular weight excluding hydrogens is 320 g/mol. The minimum Gasteiger partial charge on any atom is -0.312 e. The lowest BCUT2D eigenvalue weighted by Crippen LogP contribution is -2.32. The van der Waals surface area contributed by atoms with Crippen molar-refractivity contribution in [2.45, 2.75) is 26.2 Å². The van der Waals surface area contributed by atoms with Crippen LogP contribution in [-0.2, 0) is 0 Å². The van der Waals surface area contributed by atoms with Gasteiger partial charge < -0.3 is 4.90 Å². The molecule has 0 bridgehead atoms. The first-order valence-electron chi connectivity index (χ1n) is 7.53. The van der Waals surface area contributed by atoms with Crippen molar-refractivity contribution in [1.82, 2.24) is 4.90 Å². The van der Waals surface area contributed by atoms with Crippen LogP contribution < -0.4 is 0 Å². The molecule has 5 heteroatoms. The molecule has 0 saturated heterocycles. The van der Waals surface area contributed by atoms with Gasteiger partial charge in [-0.15, -0.1) is 0 Å². The van der Waals surface area contributed by atoms with Gasteiger partial charge in [0.25, 0.3) is 5.91 Å². The number of halogens is 3. The Morgan fingerprint density at radius 3 is 2.61 bits per heavy atom. The van der Waals surface area contributed by atoms with Crippen molar-refractivity contribution >= 4 is 17.5 Å². The highest BCUT2D eigenvalue weighted by Crippen LogP contribution is 2.22. The molecule has 0 radical (unpaired) electrons. The number of benzene rings is 1. The van der Waals surface area contributed by atoms with Crippen LogP contribution in [0.5, 0.6) is 0 Å². The summed E-state index contributed by atoms with van der Waals surface area (Å²) >= 11 is 5.95. The fraction of sp³-hybridized carbons (Fsp3) is 0.278. The normalized spacial score (nSPS) is 14.1. The third kappa shape index (κ3) is 4.29. The van der Waals surface area contributed by atoms with E-state index in [0.717, 1.165) is 25.0 Å². The van der Waals surface area contributed by atoms with Crippen molar-refractivity contribution < 1.29 is 13.6 Å². The second kappa shape index (κ2) is 8.06. The Labute approximate surface area is 139 Å². The van der Waals surface area contributed by atoms with Gasteiger partial charge in [-0.3, -0.25) is 4.79 Å². The molecule has 0 saturated carbocycles. The summed E-state index contributed by atoms with van der Waals surface area (Å²) in [5.74, 6) is -2.37. The van der Waals surface area contributed by atoms with E-state index in [1.54, 1.807) is 18.2 Å². The van der Waals surface area contributed by atoms with E-state index in [1.807, 2.05) is 13.0 Å². The lowest BCUT2D eigenvalue weighted by molar-refractivity contribution is 0.0791. The van der Waals surface area contributed by atoms with Gasteiger partial charge in [0.05, 0.1) is 0 Å². The van der Waals surface area contributed by atoms with Crippen LogP contribution >= 0.6 is 11.6 Å². The quantitative estimate of drug-likeness (QED) is 0.725. The molecular formula is C18H18ClF2NO. The maximum atomic E-state index is 13.9. The van der Waals surface area contributed by atoms with Crippen LogP contribution in [0, 0.1) is 11.6 Å². The average molecular weight is 338 g/mol. The van der Waals surface area contributed by atoms with Crippen LogP contribution in [0.25, 0.3) is 0 Å². The molecule has 0 N–H and O–H groups in total. The van der Waals surface area contributed by atoms with E-state index in [4.69, 9.17) is 11.6 Å². The summed E-state index contributed by atoms with van der Waals surface area (Å²) in [4.78, 5) is 14.1. The molecule has 1 aliphatic carbocycles. The average Bonchev–Trinajstić information content (AvgIpc) is 2.72. The van der Waals surface area contributed by atoms with E-state index in [1.165, 1.54) is 11.0 Å². The molecule has 0 spiro atoms. The van der Waals surface area contributed by atoms with Crippen molar-refractivity contribution in [1.29, 1.82) is 0 Å². The Hall–Kier alpha value is -1.94. The summed E-state index contributed by atoms with van der Waals surface area (Å²) in [7, 11) is 0. The van der Waals surface area contributed by atoms with E-state index < -0.39 is 23.1 Å². The van der Waals surface area contributed by atoms with Crippen molar-refractivity contribution in [3.8, 4) is 0 Å². The number of amides is 1. The number of hydrogen-bond acceptors (Lipinski definition) is 1. The second-order valence-electron chi connectivity index (χ2n) is 5.22. The summed E-state index contributed by atoms with van der Waals surface area (Å²) in [5.41, 5.74) is 0.144. The summed E-state index contributed by atoms with van der Waals surface area (Å²) in [5, 5.41) is 0.542. The first kappa shape index (κ1) is 17.4. The van der Waals surface area contributed by atoms with E-state index in [-0.39, 0.29) is 0 Å². The number of carbonyl (C=O) groups is 1. The molecule has 0 aliphatic heterocycles. The second-order valence-corrected chi connectivity index (χ2v) is 5.66. The monoisotopic (exact) mass is 337 g/mol. The number of carbonyl (C=O) groups excluding carboxylic acids is 1. The number of unbranched alkanes of at least 4 members (excludes halogenated alkanes) is 1. The lowest BCUT2D eigenvalue weighted by Gasteiger charge is -2.25. The fourth-order valence-electron chi connectivity index (χ4n) is 2.32. The minimum atomic E-state index is -0.852. The molecule has 23 heavy (non-hydrogen) atoms. The molecule has 0 heterocycles. The number of allylic oxidation sites excluding steroid dienone is 5. The molecule has 122 valence electrons. The predicted octanol–water partition coefficient (Wildman–Crippen LogP) is 5.17. The van der Waals surface area contributed by atoms with Gasteiger partial charge in [0.2, 0.25) is 0 Å². The Bertz CT molecular complexity index is 659. The van der Waals surface area contributed by atoms with E-state index in [9.17, 15) is 13.6 Å². The zero-order valence-electron chi connectivity index (χ0n) is 12.9. The van der Waals surface area contributed by atoms with Crippen LogP contribution in [0.2, 0.25) is 0 Å². The van der Waals surface area contributed by atoms with E-state index >= 15 is 0 Å². The summed E-state index contributed by atoms with van der Waals surface area (Å²) in [6.45, 7) is 2.39. The van der Waals surface area contributed by atoms with Crippen molar-refractivity contribution in [3.05, 3.63) is 70.4 Å². The van der Waals surface area contributed by atoms with Gasteiger partial charge in [-0.25, -0.2) is 8.78 Å². The van der Waals surface area contributed by atoms with Crippen molar-refractivity contribution in [3.63, 3.8) is 0 Å². The molecule has 0 unspecified atom stereocenters. The fourth-order valence-corrected chi connectivity index (χ4v) is 2.47. The molecule has 0 aromatic heterocycles. The number of hydrogen-bond donors (Lipinski definition) is 0. The van der Waals surface area contributed by atoms with Crippen LogP contribution in [0.4, 0.5) is 8.78 Å². The smallest absolute Gasteiger partial charge is 0.263 e. The summed E-state index contributed by atoms with van der Waals surface area (Å²) in [6.07, 6.45) is 9.01. The third-order valence-electron chi connectivity index (χ3n) is 3.54. The van der Waals surface area contributed by atoms with E-state index in [2.05, 4.69) is 0 Å². The highest BCUT2D eigenvalue weighted by Gasteiger charge is 2.25. The molecule has 2 nitrogen and oxygen atoms in total. The molecule has 1 aliphatic rings. The van der Waals surface area contributed by atoms with Gasteiger partial charge in [-0.05, 0) is 36.8 Å². The lowest BCUT2D eigenvalue weighted by atomic mass is 10.1. The maximum Gasteiger partial charge on any atom is 0.263 e.